The molecule has 0 fully saturated rings. The number of rotatable bonds is 4. The maximum absolute atomic E-state index is 8.72. The number of pyridine rings is 1. The lowest BCUT2D eigenvalue weighted by molar-refractivity contribution is 0.301. The highest BCUT2D eigenvalue weighted by Gasteiger charge is 2.01. The molecule has 0 aliphatic heterocycles. The van der Waals surface area contributed by atoms with Crippen LogP contribution in [0, 0.1) is 0 Å². The predicted octanol–water partition coefficient (Wildman–Crippen LogP) is 2.86. The van der Waals surface area contributed by atoms with E-state index in [0.29, 0.717) is 12.3 Å². The number of nitrogens with zero attached hydrogens (tertiary/aromatic N) is 2. The van der Waals surface area contributed by atoms with Crippen LogP contribution in [-0.2, 0) is 6.61 Å². The first kappa shape index (κ1) is 12.1. The summed E-state index contributed by atoms with van der Waals surface area (Å²) in [4.78, 5) is 4.18. The molecular weight excluding hydrogens is 228 g/mol. The van der Waals surface area contributed by atoms with Crippen molar-refractivity contribution >= 4 is 5.71 Å². The normalized spacial score (nSPS) is 11.3. The van der Waals surface area contributed by atoms with Crippen LogP contribution in [0.3, 0.4) is 0 Å². The number of oxime groups is 1. The van der Waals surface area contributed by atoms with Gasteiger partial charge in [0.15, 0.2) is 0 Å². The molecule has 0 atom stereocenters. The second-order valence-corrected chi connectivity index (χ2v) is 3.82. The van der Waals surface area contributed by atoms with Gasteiger partial charge in [-0.1, -0.05) is 23.4 Å². The van der Waals surface area contributed by atoms with Crippen LogP contribution in [0.15, 0.2) is 53.8 Å². The number of hydrogen-bond acceptors (Lipinski definition) is 4. The molecule has 1 aromatic carbocycles. The summed E-state index contributed by atoms with van der Waals surface area (Å²) >= 11 is 0. The van der Waals surface area contributed by atoms with Gasteiger partial charge in [-0.25, -0.2) is 0 Å². The first-order chi connectivity index (χ1) is 8.79. The lowest BCUT2D eigenvalue weighted by atomic mass is 10.1. The molecule has 0 saturated carbocycles. The number of aromatic nitrogens is 1. The molecule has 0 aliphatic carbocycles. The Morgan fingerprint density at radius 3 is 2.89 bits per heavy atom. The molecule has 4 heteroatoms. The first-order valence-electron chi connectivity index (χ1n) is 5.61. The molecule has 0 bridgehead atoms. The maximum atomic E-state index is 8.72. The van der Waals surface area contributed by atoms with Gasteiger partial charge in [-0.05, 0) is 31.2 Å². The summed E-state index contributed by atoms with van der Waals surface area (Å²) in [5, 5.41) is 11.9. The van der Waals surface area contributed by atoms with Gasteiger partial charge >= 0.3 is 0 Å². The second-order valence-electron chi connectivity index (χ2n) is 3.82. The van der Waals surface area contributed by atoms with Gasteiger partial charge < -0.3 is 9.94 Å². The molecule has 1 heterocycles. The molecule has 1 N–H and O–H groups in total. The van der Waals surface area contributed by atoms with E-state index in [9.17, 15) is 0 Å². The van der Waals surface area contributed by atoms with Crippen molar-refractivity contribution in [1.82, 2.24) is 4.98 Å². The summed E-state index contributed by atoms with van der Waals surface area (Å²) < 4.78 is 5.63. The maximum Gasteiger partial charge on any atom is 0.130 e. The van der Waals surface area contributed by atoms with Crippen LogP contribution >= 0.6 is 0 Å². The zero-order valence-corrected chi connectivity index (χ0v) is 10.1. The summed E-state index contributed by atoms with van der Waals surface area (Å²) in [6.45, 7) is 2.15. The molecule has 0 radical (unpaired) electrons. The second kappa shape index (κ2) is 5.82. The van der Waals surface area contributed by atoms with Crippen LogP contribution in [0.2, 0.25) is 0 Å². The van der Waals surface area contributed by atoms with E-state index in [1.165, 1.54) is 0 Å². The van der Waals surface area contributed by atoms with Crippen molar-refractivity contribution < 1.29 is 9.94 Å². The summed E-state index contributed by atoms with van der Waals surface area (Å²) in [7, 11) is 0. The molecule has 0 spiro atoms. The van der Waals surface area contributed by atoms with Crippen molar-refractivity contribution in [2.75, 3.05) is 0 Å². The van der Waals surface area contributed by atoms with E-state index in [1.54, 1.807) is 13.1 Å². The molecule has 0 saturated heterocycles. The van der Waals surface area contributed by atoms with Crippen LogP contribution < -0.4 is 4.74 Å². The van der Waals surface area contributed by atoms with E-state index >= 15 is 0 Å². The van der Waals surface area contributed by atoms with Crippen molar-refractivity contribution in [2.24, 2.45) is 5.16 Å². The number of benzene rings is 1. The van der Waals surface area contributed by atoms with Gasteiger partial charge in [-0.15, -0.1) is 0 Å². The molecule has 0 unspecified atom stereocenters. The van der Waals surface area contributed by atoms with E-state index in [0.717, 1.165) is 17.0 Å². The van der Waals surface area contributed by atoms with Crippen molar-refractivity contribution in [3.63, 3.8) is 0 Å². The third kappa shape index (κ3) is 3.07. The van der Waals surface area contributed by atoms with Crippen LogP contribution in [0.25, 0.3) is 0 Å². The highest BCUT2D eigenvalue weighted by atomic mass is 16.5. The Kier molecular flexibility index (Phi) is 3.91. The van der Waals surface area contributed by atoms with Crippen molar-refractivity contribution in [3.8, 4) is 5.75 Å². The zero-order valence-electron chi connectivity index (χ0n) is 10.1. The average molecular weight is 242 g/mol. The van der Waals surface area contributed by atoms with Gasteiger partial charge in [-0.2, -0.15) is 0 Å². The third-order valence-electron chi connectivity index (χ3n) is 2.51. The molecule has 2 aromatic rings. The fourth-order valence-electron chi connectivity index (χ4n) is 1.51. The molecule has 92 valence electrons. The number of hydrogen-bond donors (Lipinski definition) is 1. The standard InChI is InChI=1S/C14H14N2O2/c1-11(16-17)12-5-4-7-14(9-12)18-10-13-6-2-3-8-15-13/h2-9,17H,10H2,1H3/b16-11+. The summed E-state index contributed by atoms with van der Waals surface area (Å²) in [6.07, 6.45) is 1.73. The Morgan fingerprint density at radius 1 is 1.28 bits per heavy atom. The number of ether oxygens (including phenoxy) is 1. The monoisotopic (exact) mass is 242 g/mol. The minimum absolute atomic E-state index is 0.416. The van der Waals surface area contributed by atoms with Crippen molar-refractivity contribution in [3.05, 3.63) is 59.9 Å². The molecule has 2 rings (SSSR count). The van der Waals surface area contributed by atoms with Crippen LogP contribution in [0.5, 0.6) is 5.75 Å². The van der Waals surface area contributed by atoms with Crippen LogP contribution in [0.4, 0.5) is 0 Å². The topological polar surface area (TPSA) is 54.7 Å². The highest BCUT2D eigenvalue weighted by molar-refractivity contribution is 5.98. The SMILES string of the molecule is C/C(=N\O)c1cccc(OCc2ccccn2)c1. The highest BCUT2D eigenvalue weighted by Crippen LogP contribution is 2.15. The Hall–Kier alpha value is -2.36. The van der Waals surface area contributed by atoms with E-state index < -0.39 is 0 Å². The Bertz CT molecular complexity index is 539. The fraction of sp³-hybridized carbons (Fsp3) is 0.143. The van der Waals surface area contributed by atoms with Gasteiger partial charge in [0.1, 0.15) is 12.4 Å². The lowest BCUT2D eigenvalue weighted by Crippen LogP contribution is -1.99. The van der Waals surface area contributed by atoms with Crippen LogP contribution in [-0.4, -0.2) is 15.9 Å². The lowest BCUT2D eigenvalue weighted by Gasteiger charge is -2.07. The molecule has 4 nitrogen and oxygen atoms in total. The Morgan fingerprint density at radius 2 is 2.17 bits per heavy atom. The molecule has 0 aliphatic rings. The van der Waals surface area contributed by atoms with Crippen LogP contribution in [0.1, 0.15) is 18.2 Å². The predicted molar refractivity (Wildman–Crippen MR) is 69.0 cm³/mol. The fourth-order valence-corrected chi connectivity index (χ4v) is 1.51. The molecular formula is C14H14N2O2. The minimum atomic E-state index is 0.416. The van der Waals surface area contributed by atoms with Gasteiger partial charge in [0.05, 0.1) is 11.4 Å². The first-order valence-corrected chi connectivity index (χ1v) is 5.61. The van der Waals surface area contributed by atoms with E-state index in [1.807, 2.05) is 42.5 Å². The molecule has 0 amide bonds. The van der Waals surface area contributed by atoms with Gasteiger partial charge in [0.2, 0.25) is 0 Å². The van der Waals surface area contributed by atoms with Gasteiger partial charge in [-0.3, -0.25) is 4.98 Å². The zero-order chi connectivity index (χ0) is 12.8. The Labute approximate surface area is 106 Å². The summed E-state index contributed by atoms with van der Waals surface area (Å²) in [6, 6.07) is 13.1. The smallest absolute Gasteiger partial charge is 0.130 e. The van der Waals surface area contributed by atoms with E-state index in [-0.39, 0.29) is 0 Å². The van der Waals surface area contributed by atoms with Gasteiger partial charge in [0.25, 0.3) is 0 Å². The summed E-state index contributed by atoms with van der Waals surface area (Å²) in [5.41, 5.74) is 2.25. The average Bonchev–Trinajstić information content (AvgIpc) is 2.45. The van der Waals surface area contributed by atoms with Gasteiger partial charge in [0, 0.05) is 11.8 Å². The largest absolute Gasteiger partial charge is 0.487 e. The minimum Gasteiger partial charge on any atom is -0.487 e. The molecule has 18 heavy (non-hydrogen) atoms. The summed E-state index contributed by atoms with van der Waals surface area (Å²) in [5.74, 6) is 0.723. The van der Waals surface area contributed by atoms with E-state index in [4.69, 9.17) is 9.94 Å². The molecule has 1 aromatic heterocycles. The third-order valence-corrected chi connectivity index (χ3v) is 2.51. The van der Waals surface area contributed by atoms with E-state index in [2.05, 4.69) is 10.1 Å². The van der Waals surface area contributed by atoms with Crippen molar-refractivity contribution in [1.29, 1.82) is 0 Å². The Balaban J connectivity index is 2.06. The quantitative estimate of drug-likeness (QED) is 0.509. The van der Waals surface area contributed by atoms with Crippen molar-refractivity contribution in [2.45, 2.75) is 13.5 Å².